The van der Waals surface area contributed by atoms with Gasteiger partial charge in [0, 0.05) is 12.5 Å². The van der Waals surface area contributed by atoms with E-state index in [4.69, 9.17) is 9.47 Å². The van der Waals surface area contributed by atoms with E-state index < -0.39 is 0 Å². The molecule has 0 saturated carbocycles. The van der Waals surface area contributed by atoms with E-state index in [1.54, 1.807) is 36.4 Å². The molecule has 0 fully saturated rings. The predicted octanol–water partition coefficient (Wildman–Crippen LogP) is 3.06. The third-order valence-corrected chi connectivity index (χ3v) is 4.20. The Morgan fingerprint density at radius 3 is 2.00 bits per heavy atom. The lowest BCUT2D eigenvalue weighted by atomic mass is 9.89. The van der Waals surface area contributed by atoms with Crippen LogP contribution in [0.1, 0.15) is 11.1 Å². The Labute approximate surface area is 147 Å². The summed E-state index contributed by atoms with van der Waals surface area (Å²) in [5.74, 6) is 0.861. The van der Waals surface area contributed by atoms with Crippen LogP contribution in [0.4, 0.5) is 0 Å². The van der Waals surface area contributed by atoms with Crippen LogP contribution in [0.5, 0.6) is 23.0 Å². The summed E-state index contributed by atoms with van der Waals surface area (Å²) in [5, 5.41) is 29.1. The third-order valence-electron chi connectivity index (χ3n) is 4.20. The quantitative estimate of drug-likeness (QED) is 0.642. The van der Waals surface area contributed by atoms with Crippen molar-refractivity contribution in [3.63, 3.8) is 0 Å². The molecular weight excluding hydrogens is 320 g/mol. The zero-order valence-corrected chi connectivity index (χ0v) is 14.5. The Balaban J connectivity index is 2.10. The van der Waals surface area contributed by atoms with Crippen LogP contribution in [0.2, 0.25) is 0 Å². The van der Waals surface area contributed by atoms with Gasteiger partial charge in [0.1, 0.15) is 0 Å². The van der Waals surface area contributed by atoms with Gasteiger partial charge in [-0.3, -0.25) is 0 Å². The summed E-state index contributed by atoms with van der Waals surface area (Å²) in [4.78, 5) is 0. The van der Waals surface area contributed by atoms with Crippen molar-refractivity contribution in [3.8, 4) is 23.0 Å². The summed E-state index contributed by atoms with van der Waals surface area (Å²) >= 11 is 0. The number of ether oxygens (including phenoxy) is 2. The summed E-state index contributed by atoms with van der Waals surface area (Å²) in [6.07, 6.45) is 1.15. The molecule has 1 atom stereocenters. The molecule has 2 rings (SSSR count). The number of hydrogen-bond donors (Lipinski definition) is 3. The molecule has 0 unspecified atom stereocenters. The molecule has 134 valence electrons. The second-order valence-corrected chi connectivity index (χ2v) is 5.93. The van der Waals surface area contributed by atoms with Crippen molar-refractivity contribution in [2.24, 2.45) is 5.92 Å². The van der Waals surface area contributed by atoms with Gasteiger partial charge in [-0.15, -0.1) is 0 Å². The molecule has 0 bridgehead atoms. The Bertz CT molecular complexity index is 739. The van der Waals surface area contributed by atoms with Crippen molar-refractivity contribution in [3.05, 3.63) is 59.7 Å². The number of phenols is 2. The van der Waals surface area contributed by atoms with E-state index in [1.807, 2.05) is 0 Å². The molecule has 0 aliphatic rings. The van der Waals surface area contributed by atoms with Gasteiger partial charge in [-0.25, -0.2) is 0 Å². The average Bonchev–Trinajstić information content (AvgIpc) is 2.62. The summed E-state index contributed by atoms with van der Waals surface area (Å²) in [6.45, 7) is 4.08. The molecule has 0 spiro atoms. The molecule has 0 aliphatic carbocycles. The van der Waals surface area contributed by atoms with Gasteiger partial charge in [0.25, 0.3) is 0 Å². The lowest BCUT2D eigenvalue weighted by Crippen LogP contribution is -2.14. The number of methoxy groups -OCH3 is 2. The molecule has 2 aromatic carbocycles. The fraction of sp³-hybridized carbons (Fsp3) is 0.300. The molecule has 5 nitrogen and oxygen atoms in total. The highest BCUT2D eigenvalue weighted by Crippen LogP contribution is 2.30. The monoisotopic (exact) mass is 344 g/mol. The molecule has 0 aliphatic heterocycles. The normalized spacial score (nSPS) is 11.8. The number of rotatable bonds is 8. The first-order valence-corrected chi connectivity index (χ1v) is 7.98. The average molecular weight is 344 g/mol. The summed E-state index contributed by atoms with van der Waals surface area (Å²) in [7, 11) is 3.00. The van der Waals surface area contributed by atoms with Crippen LogP contribution in [0.3, 0.4) is 0 Å². The van der Waals surface area contributed by atoms with Crippen LogP contribution in [-0.4, -0.2) is 36.1 Å². The van der Waals surface area contributed by atoms with Crippen LogP contribution in [0.15, 0.2) is 48.6 Å². The number of hydrogen-bond acceptors (Lipinski definition) is 5. The topological polar surface area (TPSA) is 79.2 Å². The van der Waals surface area contributed by atoms with Crippen LogP contribution in [-0.2, 0) is 12.8 Å². The maximum Gasteiger partial charge on any atom is 0.160 e. The third kappa shape index (κ3) is 4.67. The molecule has 0 heterocycles. The Hall–Kier alpha value is -2.66. The lowest BCUT2D eigenvalue weighted by molar-refractivity contribution is 0.244. The van der Waals surface area contributed by atoms with E-state index >= 15 is 0 Å². The fourth-order valence-electron chi connectivity index (χ4n) is 2.71. The number of benzene rings is 2. The van der Waals surface area contributed by atoms with Gasteiger partial charge in [0.2, 0.25) is 0 Å². The number of aromatic hydroxyl groups is 2. The lowest BCUT2D eigenvalue weighted by Gasteiger charge is -2.18. The molecule has 0 aromatic heterocycles. The molecule has 5 heteroatoms. The maximum atomic E-state index is 9.76. The SMILES string of the molecule is C=C(Cc1ccc(O)c(OC)c1)[C@H](CO)Cc1ccc(O)c(OC)c1. The molecule has 0 radical (unpaired) electrons. The zero-order chi connectivity index (χ0) is 18.4. The Kier molecular flexibility index (Phi) is 6.31. The predicted molar refractivity (Wildman–Crippen MR) is 96.4 cm³/mol. The molecule has 2 aromatic rings. The van der Waals surface area contributed by atoms with Gasteiger partial charge in [0.05, 0.1) is 14.2 Å². The highest BCUT2D eigenvalue weighted by atomic mass is 16.5. The first-order valence-electron chi connectivity index (χ1n) is 7.98. The maximum absolute atomic E-state index is 9.76. The van der Waals surface area contributed by atoms with Crippen molar-refractivity contribution in [1.82, 2.24) is 0 Å². The van der Waals surface area contributed by atoms with Gasteiger partial charge in [0.15, 0.2) is 23.0 Å². The number of aliphatic hydroxyl groups is 1. The first kappa shape index (κ1) is 18.7. The highest BCUT2D eigenvalue weighted by Gasteiger charge is 2.15. The molecular formula is C20H24O5. The number of phenolic OH excluding ortho intramolecular Hbond substituents is 2. The van der Waals surface area contributed by atoms with E-state index in [9.17, 15) is 15.3 Å². The van der Waals surface area contributed by atoms with E-state index in [1.165, 1.54) is 14.2 Å². The molecule has 0 saturated heterocycles. The van der Waals surface area contributed by atoms with E-state index in [0.29, 0.717) is 24.3 Å². The van der Waals surface area contributed by atoms with Gasteiger partial charge < -0.3 is 24.8 Å². The second-order valence-electron chi connectivity index (χ2n) is 5.93. The minimum absolute atomic E-state index is 0.0305. The van der Waals surface area contributed by atoms with Crippen molar-refractivity contribution in [1.29, 1.82) is 0 Å². The second kappa shape index (κ2) is 8.44. The van der Waals surface area contributed by atoms with Crippen LogP contribution >= 0.6 is 0 Å². The molecule has 25 heavy (non-hydrogen) atoms. The Morgan fingerprint density at radius 2 is 1.48 bits per heavy atom. The summed E-state index contributed by atoms with van der Waals surface area (Å²) in [6, 6.07) is 10.3. The van der Waals surface area contributed by atoms with E-state index in [2.05, 4.69) is 6.58 Å². The summed E-state index contributed by atoms with van der Waals surface area (Å²) < 4.78 is 10.2. The standard InChI is InChI=1S/C20H24O5/c1-13(8-14-4-6-17(22)19(10-14)24-2)16(12-21)9-15-5-7-18(23)20(11-15)25-3/h4-7,10-11,16,21-23H,1,8-9,12H2,2-3H3/t16-/m0/s1. The van der Waals surface area contributed by atoms with E-state index in [0.717, 1.165) is 16.7 Å². The van der Waals surface area contributed by atoms with Crippen molar-refractivity contribution in [2.45, 2.75) is 12.8 Å². The van der Waals surface area contributed by atoms with Crippen molar-refractivity contribution >= 4 is 0 Å². The molecule has 3 N–H and O–H groups in total. The van der Waals surface area contributed by atoms with Gasteiger partial charge in [-0.2, -0.15) is 0 Å². The van der Waals surface area contributed by atoms with Gasteiger partial charge in [-0.05, 0) is 48.2 Å². The van der Waals surface area contributed by atoms with Crippen LogP contribution in [0, 0.1) is 5.92 Å². The molecule has 0 amide bonds. The smallest absolute Gasteiger partial charge is 0.160 e. The Morgan fingerprint density at radius 1 is 0.960 bits per heavy atom. The zero-order valence-electron chi connectivity index (χ0n) is 14.5. The minimum Gasteiger partial charge on any atom is -0.504 e. The van der Waals surface area contributed by atoms with Crippen LogP contribution < -0.4 is 9.47 Å². The van der Waals surface area contributed by atoms with Gasteiger partial charge in [-0.1, -0.05) is 24.3 Å². The number of aliphatic hydroxyl groups excluding tert-OH is 1. The minimum atomic E-state index is -0.131. The van der Waals surface area contributed by atoms with Gasteiger partial charge >= 0.3 is 0 Å². The van der Waals surface area contributed by atoms with Crippen molar-refractivity contribution in [2.75, 3.05) is 20.8 Å². The van der Waals surface area contributed by atoms with Crippen LogP contribution in [0.25, 0.3) is 0 Å². The first-order chi connectivity index (χ1) is 12.0. The van der Waals surface area contributed by atoms with E-state index in [-0.39, 0.29) is 24.0 Å². The summed E-state index contributed by atoms with van der Waals surface area (Å²) in [5.41, 5.74) is 2.77. The fourth-order valence-corrected chi connectivity index (χ4v) is 2.71. The highest BCUT2D eigenvalue weighted by molar-refractivity contribution is 5.44. The van der Waals surface area contributed by atoms with Crippen molar-refractivity contribution < 1.29 is 24.8 Å². The largest absolute Gasteiger partial charge is 0.504 e.